The van der Waals surface area contributed by atoms with Gasteiger partial charge in [0.1, 0.15) is 5.82 Å². The largest absolute Gasteiger partial charge is 0.493 e. The fraction of sp³-hybridized carbons (Fsp3) is 0.294. The summed E-state index contributed by atoms with van der Waals surface area (Å²) >= 11 is 0. The van der Waals surface area contributed by atoms with E-state index in [1.54, 1.807) is 12.1 Å². The first-order valence-electron chi connectivity index (χ1n) is 7.69. The van der Waals surface area contributed by atoms with Crippen LogP contribution in [0.3, 0.4) is 0 Å². The number of nitro groups is 1. The lowest BCUT2D eigenvalue weighted by atomic mass is 10.1. The van der Waals surface area contributed by atoms with Crippen molar-refractivity contribution in [1.82, 2.24) is 5.32 Å². The average molecular weight is 388 g/mol. The van der Waals surface area contributed by atoms with Crippen LogP contribution in [0.2, 0.25) is 0 Å². The Labute approximate surface area is 151 Å². The van der Waals surface area contributed by atoms with Crippen LogP contribution in [-0.2, 0) is 13.1 Å². The fourth-order valence-corrected chi connectivity index (χ4v) is 2.28. The molecule has 0 heterocycles. The molecule has 27 heavy (non-hydrogen) atoms. The quantitative estimate of drug-likeness (QED) is 0.421. The first-order valence-corrected chi connectivity index (χ1v) is 7.69. The Kier molecular flexibility index (Phi) is 6.56. The molecule has 0 saturated heterocycles. The van der Waals surface area contributed by atoms with E-state index in [-0.39, 0.29) is 29.4 Å². The van der Waals surface area contributed by atoms with Crippen LogP contribution in [0.15, 0.2) is 36.4 Å². The van der Waals surface area contributed by atoms with Crippen LogP contribution in [0, 0.1) is 15.9 Å². The lowest BCUT2D eigenvalue weighted by Gasteiger charge is -2.14. The Bertz CT molecular complexity index is 795. The summed E-state index contributed by atoms with van der Waals surface area (Å²) in [7, 11) is 1.22. The normalized spacial score (nSPS) is 11.3. The standard InChI is InChI=1S/C17H16F4N2O4/c1-26-15-6-12(9-22-8-11-2-4-13(18)5-3-11)14(23(24)25)7-16(15)27-10-17(19,20)21/h2-7,22H,8-10H2,1H3. The molecule has 0 radical (unpaired) electrons. The molecule has 2 aromatic carbocycles. The first kappa shape index (κ1) is 20.4. The third-order valence-electron chi connectivity index (χ3n) is 3.51. The van der Waals surface area contributed by atoms with Gasteiger partial charge in [-0.2, -0.15) is 13.2 Å². The van der Waals surface area contributed by atoms with Crippen LogP contribution < -0.4 is 14.8 Å². The second-order valence-electron chi connectivity index (χ2n) is 5.52. The number of nitrogens with one attached hydrogen (secondary N) is 1. The van der Waals surface area contributed by atoms with E-state index in [4.69, 9.17) is 4.74 Å². The van der Waals surface area contributed by atoms with Crippen molar-refractivity contribution in [3.05, 3.63) is 63.5 Å². The van der Waals surface area contributed by atoms with Gasteiger partial charge in [0.05, 0.1) is 18.1 Å². The van der Waals surface area contributed by atoms with Gasteiger partial charge in [0.2, 0.25) is 0 Å². The highest BCUT2D eigenvalue weighted by atomic mass is 19.4. The number of alkyl halides is 3. The van der Waals surface area contributed by atoms with Crippen molar-refractivity contribution in [3.8, 4) is 11.5 Å². The molecule has 0 aromatic heterocycles. The van der Waals surface area contributed by atoms with Gasteiger partial charge in [0, 0.05) is 18.7 Å². The molecule has 0 atom stereocenters. The molecule has 0 spiro atoms. The maximum atomic E-state index is 12.9. The highest BCUT2D eigenvalue weighted by Crippen LogP contribution is 2.35. The molecule has 0 bridgehead atoms. The predicted molar refractivity (Wildman–Crippen MR) is 88.1 cm³/mol. The summed E-state index contributed by atoms with van der Waals surface area (Å²) in [6.07, 6.45) is -4.59. The molecule has 0 aliphatic heterocycles. The summed E-state index contributed by atoms with van der Waals surface area (Å²) in [5.74, 6) is -0.805. The molecule has 146 valence electrons. The molecule has 0 aliphatic rings. The molecule has 0 aliphatic carbocycles. The Balaban J connectivity index is 2.16. The number of ether oxygens (including phenoxy) is 2. The van der Waals surface area contributed by atoms with Gasteiger partial charge < -0.3 is 14.8 Å². The van der Waals surface area contributed by atoms with Crippen LogP contribution in [0.5, 0.6) is 11.5 Å². The van der Waals surface area contributed by atoms with Crippen LogP contribution in [0.4, 0.5) is 23.2 Å². The molecule has 2 aromatic rings. The van der Waals surface area contributed by atoms with Crippen molar-refractivity contribution >= 4 is 5.69 Å². The molecule has 0 saturated carbocycles. The van der Waals surface area contributed by atoms with Crippen molar-refractivity contribution in [2.24, 2.45) is 0 Å². The van der Waals surface area contributed by atoms with E-state index < -0.39 is 23.4 Å². The van der Waals surface area contributed by atoms with Crippen molar-refractivity contribution in [1.29, 1.82) is 0 Å². The highest BCUT2D eigenvalue weighted by molar-refractivity contribution is 5.54. The minimum atomic E-state index is -4.59. The van der Waals surface area contributed by atoms with E-state index >= 15 is 0 Å². The lowest BCUT2D eigenvalue weighted by molar-refractivity contribution is -0.385. The maximum Gasteiger partial charge on any atom is 0.422 e. The number of hydrogen-bond donors (Lipinski definition) is 1. The van der Waals surface area contributed by atoms with Crippen LogP contribution in [0.25, 0.3) is 0 Å². The molecule has 0 amide bonds. The molecule has 0 unspecified atom stereocenters. The van der Waals surface area contributed by atoms with Gasteiger partial charge in [-0.05, 0) is 23.8 Å². The number of rotatable bonds is 8. The summed E-state index contributed by atoms with van der Waals surface area (Å²) in [6.45, 7) is -1.24. The third-order valence-corrected chi connectivity index (χ3v) is 3.51. The highest BCUT2D eigenvalue weighted by Gasteiger charge is 2.30. The van der Waals surface area contributed by atoms with Gasteiger partial charge in [0.25, 0.3) is 5.69 Å². The minimum absolute atomic E-state index is 0.0452. The number of hydrogen-bond acceptors (Lipinski definition) is 5. The smallest absolute Gasteiger partial charge is 0.422 e. The van der Waals surface area contributed by atoms with E-state index in [1.807, 2.05) is 0 Å². The number of benzene rings is 2. The summed E-state index contributed by atoms with van der Waals surface area (Å²) in [6, 6.07) is 7.85. The van der Waals surface area contributed by atoms with Gasteiger partial charge in [-0.1, -0.05) is 12.1 Å². The van der Waals surface area contributed by atoms with Gasteiger partial charge in [-0.25, -0.2) is 4.39 Å². The Morgan fingerprint density at radius 1 is 1.11 bits per heavy atom. The van der Waals surface area contributed by atoms with E-state index in [2.05, 4.69) is 10.1 Å². The Morgan fingerprint density at radius 2 is 1.78 bits per heavy atom. The molecule has 6 nitrogen and oxygen atoms in total. The maximum absolute atomic E-state index is 12.9. The zero-order valence-corrected chi connectivity index (χ0v) is 14.2. The van der Waals surface area contributed by atoms with Crippen LogP contribution >= 0.6 is 0 Å². The zero-order valence-electron chi connectivity index (χ0n) is 14.2. The van der Waals surface area contributed by atoms with Gasteiger partial charge in [-0.15, -0.1) is 0 Å². The van der Waals surface area contributed by atoms with Crippen molar-refractivity contribution in [2.75, 3.05) is 13.7 Å². The average Bonchev–Trinajstić information content (AvgIpc) is 2.60. The van der Waals surface area contributed by atoms with E-state index in [1.165, 1.54) is 25.3 Å². The van der Waals surface area contributed by atoms with Gasteiger partial charge in [-0.3, -0.25) is 10.1 Å². The summed E-state index contributed by atoms with van der Waals surface area (Å²) < 4.78 is 59.5. The number of nitrogens with zero attached hydrogens (tertiary/aromatic N) is 1. The SMILES string of the molecule is COc1cc(CNCc2ccc(F)cc2)c([N+](=O)[O-])cc1OCC(F)(F)F. The van der Waals surface area contributed by atoms with Gasteiger partial charge in [0.15, 0.2) is 18.1 Å². The summed E-state index contributed by atoms with van der Waals surface area (Å²) in [5, 5.41) is 14.2. The number of methoxy groups -OCH3 is 1. The second kappa shape index (κ2) is 8.67. The Morgan fingerprint density at radius 3 is 2.33 bits per heavy atom. The Hall–Kier alpha value is -2.88. The summed E-state index contributed by atoms with van der Waals surface area (Å²) in [5.41, 5.74) is 0.564. The minimum Gasteiger partial charge on any atom is -0.493 e. The number of nitro benzene ring substituents is 1. The van der Waals surface area contributed by atoms with E-state index in [9.17, 15) is 27.7 Å². The number of halogens is 4. The lowest BCUT2D eigenvalue weighted by Crippen LogP contribution is -2.20. The van der Waals surface area contributed by atoms with Gasteiger partial charge >= 0.3 is 6.18 Å². The zero-order chi connectivity index (χ0) is 20.0. The van der Waals surface area contributed by atoms with Crippen LogP contribution in [0.1, 0.15) is 11.1 Å². The molecule has 10 heteroatoms. The fourth-order valence-electron chi connectivity index (χ4n) is 2.28. The van der Waals surface area contributed by atoms with E-state index in [0.29, 0.717) is 6.54 Å². The molecule has 1 N–H and O–H groups in total. The second-order valence-corrected chi connectivity index (χ2v) is 5.52. The topological polar surface area (TPSA) is 73.6 Å². The predicted octanol–water partition coefficient (Wildman–Crippen LogP) is 3.97. The first-order chi connectivity index (χ1) is 12.7. The van der Waals surface area contributed by atoms with E-state index in [0.717, 1.165) is 11.6 Å². The third kappa shape index (κ3) is 6.10. The van der Waals surface area contributed by atoms with Crippen LogP contribution in [-0.4, -0.2) is 24.8 Å². The molecular formula is C17H16F4N2O4. The summed E-state index contributed by atoms with van der Waals surface area (Å²) in [4.78, 5) is 10.5. The van der Waals surface area contributed by atoms with Crippen molar-refractivity contribution < 1.29 is 32.0 Å². The molecule has 2 rings (SSSR count). The monoisotopic (exact) mass is 388 g/mol. The van der Waals surface area contributed by atoms with Crippen molar-refractivity contribution in [2.45, 2.75) is 19.3 Å². The van der Waals surface area contributed by atoms with Crippen molar-refractivity contribution in [3.63, 3.8) is 0 Å². The molecular weight excluding hydrogens is 372 g/mol. The molecule has 0 fully saturated rings.